The third-order valence-electron chi connectivity index (χ3n) is 6.27. The summed E-state index contributed by atoms with van der Waals surface area (Å²) in [6.07, 6.45) is 5.27. The highest BCUT2D eigenvalue weighted by Crippen LogP contribution is 2.42. The summed E-state index contributed by atoms with van der Waals surface area (Å²) in [6.45, 7) is 4.63. The lowest BCUT2D eigenvalue weighted by atomic mass is 9.73. The molecule has 1 aromatic carbocycles. The summed E-state index contributed by atoms with van der Waals surface area (Å²) in [4.78, 5) is 33.4. The lowest BCUT2D eigenvalue weighted by Gasteiger charge is -2.34. The summed E-state index contributed by atoms with van der Waals surface area (Å²) in [5.41, 5.74) is 9.69. The van der Waals surface area contributed by atoms with Gasteiger partial charge in [0.05, 0.1) is 34.0 Å². The molecule has 0 spiro atoms. The first-order valence-electron chi connectivity index (χ1n) is 11.4. The van der Waals surface area contributed by atoms with Gasteiger partial charge in [-0.1, -0.05) is 49.2 Å². The van der Waals surface area contributed by atoms with E-state index in [1.54, 1.807) is 18.2 Å². The highest BCUT2D eigenvalue weighted by molar-refractivity contribution is 6.39. The second-order valence-corrected chi connectivity index (χ2v) is 10.3. The van der Waals surface area contributed by atoms with Crippen molar-refractivity contribution in [2.24, 2.45) is 11.1 Å². The molecule has 10 heteroatoms. The number of carbonyl (C=O) groups is 2. The average Bonchev–Trinajstić information content (AvgIpc) is 2.83. The minimum atomic E-state index is -0.561. The van der Waals surface area contributed by atoms with Crippen molar-refractivity contribution in [2.75, 3.05) is 17.7 Å². The number of esters is 1. The third-order valence-corrected chi connectivity index (χ3v) is 6.84. The van der Waals surface area contributed by atoms with Crippen molar-refractivity contribution in [1.82, 2.24) is 9.97 Å². The number of aromatic nitrogens is 2. The Bertz CT molecular complexity index is 1320. The molecule has 2 aromatic heterocycles. The summed E-state index contributed by atoms with van der Waals surface area (Å²) in [5, 5.41) is 7.21. The van der Waals surface area contributed by atoms with Crippen LogP contribution in [0.3, 0.4) is 0 Å². The Morgan fingerprint density at radius 3 is 2.53 bits per heavy atom. The van der Waals surface area contributed by atoms with E-state index < -0.39 is 11.9 Å². The number of ether oxygens (including phenoxy) is 1. The van der Waals surface area contributed by atoms with Crippen LogP contribution in [0.25, 0.3) is 0 Å². The molecule has 0 bridgehead atoms. The van der Waals surface area contributed by atoms with Crippen molar-refractivity contribution in [1.29, 1.82) is 0 Å². The molecule has 2 heterocycles. The van der Waals surface area contributed by atoms with Crippen LogP contribution in [0.2, 0.25) is 10.0 Å². The Hall–Kier alpha value is -3.36. The van der Waals surface area contributed by atoms with Gasteiger partial charge >= 0.3 is 5.97 Å². The molecule has 1 aliphatic rings. The normalized spacial score (nSPS) is 14.0. The van der Waals surface area contributed by atoms with Gasteiger partial charge in [-0.15, -0.1) is 0 Å². The number of rotatable bonds is 7. The number of carbonyl (C=O) groups excluding carboxylic acids is 2. The molecule has 1 aliphatic carbocycles. The molecule has 3 aromatic rings. The molecule has 0 fully saturated rings. The van der Waals surface area contributed by atoms with Gasteiger partial charge in [-0.2, -0.15) is 0 Å². The summed E-state index contributed by atoms with van der Waals surface area (Å²) in [7, 11) is 1.33. The Kier molecular flexibility index (Phi) is 7.38. The fraction of sp³-hybridized carbons (Fsp3) is 0.308. The molecule has 0 unspecified atom stereocenters. The quantitative estimate of drug-likeness (QED) is 0.345. The van der Waals surface area contributed by atoms with Crippen LogP contribution in [0.4, 0.5) is 17.3 Å². The molecule has 0 aliphatic heterocycles. The second-order valence-electron chi connectivity index (χ2n) is 9.50. The number of halogens is 2. The zero-order chi connectivity index (χ0) is 26.0. The highest BCUT2D eigenvalue weighted by Gasteiger charge is 2.33. The minimum absolute atomic E-state index is 0.0199. The van der Waals surface area contributed by atoms with Crippen LogP contribution in [-0.2, 0) is 24.1 Å². The average molecular weight is 528 g/mol. The lowest BCUT2D eigenvalue weighted by Crippen LogP contribution is -2.28. The fourth-order valence-electron chi connectivity index (χ4n) is 4.42. The first kappa shape index (κ1) is 25.7. The van der Waals surface area contributed by atoms with Gasteiger partial charge in [-0.25, -0.2) is 9.78 Å². The SMILES string of the molecule is COC(=O)c1cccc(CNc2nc(Nc3c(Cl)cncc3Cl)c3c(c2C(N)=O)CC(C)(C)CC3)c1. The molecule has 4 rings (SSSR count). The molecule has 0 saturated carbocycles. The largest absolute Gasteiger partial charge is 0.465 e. The van der Waals surface area contributed by atoms with E-state index in [1.165, 1.54) is 19.5 Å². The third kappa shape index (κ3) is 5.39. The maximum absolute atomic E-state index is 12.7. The highest BCUT2D eigenvalue weighted by atomic mass is 35.5. The maximum Gasteiger partial charge on any atom is 0.337 e. The van der Waals surface area contributed by atoms with E-state index in [0.29, 0.717) is 57.9 Å². The lowest BCUT2D eigenvalue weighted by molar-refractivity contribution is 0.0600. The van der Waals surface area contributed by atoms with E-state index in [4.69, 9.17) is 38.7 Å². The zero-order valence-corrected chi connectivity index (χ0v) is 21.8. The van der Waals surface area contributed by atoms with E-state index >= 15 is 0 Å². The number of amides is 1. The smallest absolute Gasteiger partial charge is 0.337 e. The zero-order valence-electron chi connectivity index (χ0n) is 20.2. The number of pyridine rings is 2. The molecular formula is C26H27Cl2N5O3. The van der Waals surface area contributed by atoms with Gasteiger partial charge in [-0.05, 0) is 53.5 Å². The Labute approximate surface area is 219 Å². The number of fused-ring (bicyclic) bond motifs is 1. The van der Waals surface area contributed by atoms with Crippen LogP contribution >= 0.6 is 23.2 Å². The predicted molar refractivity (Wildman–Crippen MR) is 141 cm³/mol. The molecule has 1 amide bonds. The second kappa shape index (κ2) is 10.3. The van der Waals surface area contributed by atoms with Gasteiger partial charge < -0.3 is 21.1 Å². The Morgan fingerprint density at radius 2 is 1.86 bits per heavy atom. The number of hydrogen-bond acceptors (Lipinski definition) is 7. The van der Waals surface area contributed by atoms with Gasteiger partial charge in [0.2, 0.25) is 0 Å². The van der Waals surface area contributed by atoms with Crippen molar-refractivity contribution >= 4 is 52.4 Å². The van der Waals surface area contributed by atoms with E-state index in [-0.39, 0.29) is 5.41 Å². The maximum atomic E-state index is 12.7. The number of nitrogens with two attached hydrogens (primary N) is 1. The minimum Gasteiger partial charge on any atom is -0.465 e. The number of nitrogens with zero attached hydrogens (tertiary/aromatic N) is 2. The number of methoxy groups -OCH3 is 1. The van der Waals surface area contributed by atoms with Crippen molar-refractivity contribution in [3.63, 3.8) is 0 Å². The van der Waals surface area contributed by atoms with Crippen LogP contribution in [0.5, 0.6) is 0 Å². The van der Waals surface area contributed by atoms with Gasteiger partial charge in [-0.3, -0.25) is 9.78 Å². The summed E-state index contributed by atoms with van der Waals surface area (Å²) in [6, 6.07) is 7.02. The Balaban J connectivity index is 1.78. The molecule has 0 saturated heterocycles. The first-order chi connectivity index (χ1) is 17.1. The molecular weight excluding hydrogens is 501 g/mol. The number of anilines is 3. The summed E-state index contributed by atoms with van der Waals surface area (Å²) < 4.78 is 4.81. The van der Waals surface area contributed by atoms with Gasteiger partial charge in [0.1, 0.15) is 11.6 Å². The van der Waals surface area contributed by atoms with Gasteiger partial charge in [0, 0.05) is 18.9 Å². The standard InChI is InChI=1S/C26H27Cl2N5O3/c1-26(2)8-7-16-17(10-26)20(22(29)34)24(31-11-14-5-4-6-15(9-14)25(35)36-3)33-23(16)32-21-18(27)12-30-13-19(21)28/h4-6,9,12-13H,7-8,10-11H2,1-3H3,(H2,29,34)(H2,30,31,32,33). The number of hydrogen-bond donors (Lipinski definition) is 3. The topological polar surface area (TPSA) is 119 Å². The fourth-order valence-corrected chi connectivity index (χ4v) is 4.88. The monoisotopic (exact) mass is 527 g/mol. The van der Waals surface area contributed by atoms with Gasteiger partial charge in [0.15, 0.2) is 0 Å². The predicted octanol–water partition coefficient (Wildman–Crippen LogP) is 5.54. The molecule has 36 heavy (non-hydrogen) atoms. The molecule has 8 nitrogen and oxygen atoms in total. The number of nitrogens with one attached hydrogen (secondary N) is 2. The summed E-state index contributed by atoms with van der Waals surface area (Å²) in [5.74, 6) is -0.104. The number of benzene rings is 1. The molecule has 4 N–H and O–H groups in total. The molecule has 0 atom stereocenters. The number of primary amides is 1. The van der Waals surface area contributed by atoms with Crippen LogP contribution in [-0.4, -0.2) is 29.0 Å². The van der Waals surface area contributed by atoms with Crippen LogP contribution < -0.4 is 16.4 Å². The van der Waals surface area contributed by atoms with E-state index in [0.717, 1.165) is 23.1 Å². The van der Waals surface area contributed by atoms with Crippen LogP contribution in [0.1, 0.15) is 57.7 Å². The van der Waals surface area contributed by atoms with E-state index in [9.17, 15) is 9.59 Å². The van der Waals surface area contributed by atoms with Crippen LogP contribution in [0.15, 0.2) is 36.7 Å². The van der Waals surface area contributed by atoms with Crippen molar-refractivity contribution in [2.45, 2.75) is 39.7 Å². The summed E-state index contributed by atoms with van der Waals surface area (Å²) >= 11 is 12.7. The van der Waals surface area contributed by atoms with Crippen LogP contribution in [0, 0.1) is 5.41 Å². The first-order valence-corrected chi connectivity index (χ1v) is 12.2. The Morgan fingerprint density at radius 1 is 1.14 bits per heavy atom. The van der Waals surface area contributed by atoms with E-state index in [2.05, 4.69) is 29.5 Å². The van der Waals surface area contributed by atoms with E-state index in [1.807, 2.05) is 6.07 Å². The van der Waals surface area contributed by atoms with Gasteiger partial charge in [0.25, 0.3) is 5.91 Å². The van der Waals surface area contributed by atoms with Crippen molar-refractivity contribution in [3.05, 3.63) is 74.5 Å². The molecule has 0 radical (unpaired) electrons. The molecule has 188 valence electrons. The van der Waals surface area contributed by atoms with Crippen molar-refractivity contribution < 1.29 is 14.3 Å². The van der Waals surface area contributed by atoms with Crippen molar-refractivity contribution in [3.8, 4) is 0 Å².